The number of carbonyl (C=O) groups excluding carboxylic acids is 1. The average Bonchev–Trinajstić information content (AvgIpc) is 2.10. The van der Waals surface area contributed by atoms with Gasteiger partial charge in [-0.25, -0.2) is 0 Å². The van der Waals surface area contributed by atoms with Gasteiger partial charge in [0, 0.05) is 0 Å². The number of hydrogen-bond donors (Lipinski definition) is 1. The van der Waals surface area contributed by atoms with Crippen molar-refractivity contribution in [2.24, 2.45) is 0 Å². The van der Waals surface area contributed by atoms with Crippen LogP contribution in [-0.2, 0) is 0 Å². The zero-order chi connectivity index (χ0) is 8.43. The molecule has 3 nitrogen and oxygen atoms in total. The number of nitrogens with zero attached hydrogens (tertiary/aromatic N) is 1. The molecule has 0 aromatic carbocycles. The van der Waals surface area contributed by atoms with Gasteiger partial charge in [0.15, 0.2) is 0 Å². The Labute approximate surface area is 137 Å². The molecule has 0 spiro atoms. The number of carbonyl (C=O) groups is 1. The zero-order valence-corrected chi connectivity index (χ0v) is 20.7. The summed E-state index contributed by atoms with van der Waals surface area (Å²) in [5.74, 6) is 0. The summed E-state index contributed by atoms with van der Waals surface area (Å²) in [6.45, 7) is 2.06. The van der Waals surface area contributed by atoms with Gasteiger partial charge in [0.25, 0.3) is 0 Å². The molecule has 11 heavy (non-hydrogen) atoms. The van der Waals surface area contributed by atoms with Crippen molar-refractivity contribution in [3.63, 3.8) is 0 Å². The molecule has 1 rings (SSSR count). The summed E-state index contributed by atoms with van der Waals surface area (Å²) >= 11 is 1.97. The summed E-state index contributed by atoms with van der Waals surface area (Å²) in [5.41, 5.74) is 0. The second-order valence-corrected chi connectivity index (χ2v) is 9.61. The normalized spacial score (nSPS) is 9.64. The molecule has 0 bridgehead atoms. The Balaban J connectivity index is 2.81. The molecule has 0 saturated carbocycles. The van der Waals surface area contributed by atoms with Gasteiger partial charge >= 0.3 is 141 Å². The first-order chi connectivity index (χ1) is 5.09. The summed E-state index contributed by atoms with van der Waals surface area (Å²) < 4.78 is 1.40. The fraction of sp³-hybridized carbons (Fsp3) is 0.200. The molecule has 1 aromatic rings. The third-order valence-electron chi connectivity index (χ3n) is 1.31. The molecule has 6 heteroatoms. The van der Waals surface area contributed by atoms with Crippen molar-refractivity contribution in [1.29, 1.82) is 0 Å². The van der Waals surface area contributed by atoms with Crippen molar-refractivity contribution in [1.82, 2.24) is 4.98 Å². The third-order valence-corrected chi connectivity index (χ3v) is 6.61. The van der Waals surface area contributed by atoms with Crippen molar-refractivity contribution in [3.8, 4) is 0 Å². The van der Waals surface area contributed by atoms with E-state index in [2.05, 4.69) is 17.2 Å². The quantitative estimate of drug-likeness (QED) is 0.655. The molecular weight excluding hydrogens is 448 g/mol. The standard InChI is InChI=1S/C5H4N2OS.Ra.Rb.H/c1-4-2-6-5(9-4)7-3-8;;;/h1H3,(H,6,7,8);;;. The van der Waals surface area contributed by atoms with Gasteiger partial charge in [0.1, 0.15) is 0 Å². The maximum absolute atomic E-state index is 10.7. The molecule has 0 atom stereocenters. The van der Waals surface area contributed by atoms with Gasteiger partial charge in [-0.2, -0.15) is 0 Å². The number of aryl methyl sites for hydroxylation is 1. The molecule has 0 unspecified atom stereocenters. The molecule has 50 valence electrons. The van der Waals surface area contributed by atoms with E-state index < -0.39 is 0 Å². The first-order valence-corrected chi connectivity index (χ1v) is 10.7. The van der Waals surface area contributed by atoms with Crippen molar-refractivity contribution < 1.29 is 47.6 Å². The number of rotatable bonds is 1. The molecule has 0 aliphatic rings. The van der Waals surface area contributed by atoms with Gasteiger partial charge in [0.05, 0.1) is 0 Å². The number of anilines is 1. The Bertz CT molecular complexity index is 269. The average molecular weight is 453 g/mol. The fourth-order valence-corrected chi connectivity index (χ4v) is 4.96. The number of aromatic nitrogens is 1. The first kappa shape index (κ1) is 11.4. The van der Waals surface area contributed by atoms with Crippen LogP contribution in [0.25, 0.3) is 0 Å². The first-order valence-electron chi connectivity index (χ1n) is 3.31. The molecule has 1 aromatic heterocycles. The molecule has 0 aliphatic carbocycles. The predicted octanol–water partition coefficient (Wildman–Crippen LogP) is 0.0588. The summed E-state index contributed by atoms with van der Waals surface area (Å²) in [5, 5.41) is 3.57. The second kappa shape index (κ2) is 5.30. The van der Waals surface area contributed by atoms with E-state index in [0.717, 1.165) is 5.13 Å². The molecule has 1 heterocycles. The van der Waals surface area contributed by atoms with Gasteiger partial charge < -0.3 is 0 Å². The van der Waals surface area contributed by atoms with Crippen LogP contribution in [0.2, 0.25) is 0 Å². The third kappa shape index (κ3) is 3.94. The second-order valence-electron chi connectivity index (χ2n) is 2.34. The van der Waals surface area contributed by atoms with Crippen molar-refractivity contribution in [2.75, 3.05) is 5.32 Å². The van der Waals surface area contributed by atoms with Gasteiger partial charge in [-0.1, -0.05) is 0 Å². The van der Waals surface area contributed by atoms with E-state index in [1.165, 1.54) is 3.64 Å². The van der Waals surface area contributed by atoms with E-state index in [4.69, 9.17) is 0 Å². The summed E-state index contributed by atoms with van der Waals surface area (Å²) in [6, 6.07) is 0. The summed E-state index contributed by atoms with van der Waals surface area (Å²) in [7, 11) is 0. The van der Waals surface area contributed by atoms with Crippen LogP contribution < -0.4 is 4.08 Å². The molecule has 0 saturated heterocycles. The van der Waals surface area contributed by atoms with Crippen LogP contribution in [0.1, 0.15) is 4.88 Å². The van der Waals surface area contributed by atoms with Gasteiger partial charge in [-0.15, -0.1) is 0 Å². The monoisotopic (exact) mass is 452 g/mol. The summed E-state index contributed by atoms with van der Waals surface area (Å²) in [6.07, 6.45) is 0. The SMILES string of the molecule is Cc1sc(N[C](=O)[RaH])n[c]1[Rb]. The number of amides is 1. The van der Waals surface area contributed by atoms with E-state index in [0.29, 0.717) is 55.5 Å². The van der Waals surface area contributed by atoms with E-state index >= 15 is 0 Å². The van der Waals surface area contributed by atoms with Gasteiger partial charge in [-0.3, -0.25) is 0 Å². The molecule has 0 radical (unpaired) electrons. The van der Waals surface area contributed by atoms with Crippen molar-refractivity contribution in [2.45, 2.75) is 6.92 Å². The van der Waals surface area contributed by atoms with Crippen LogP contribution in [0.3, 0.4) is 0 Å². The molecule has 0 aliphatic heterocycles. The van der Waals surface area contributed by atoms with Crippen molar-refractivity contribution >= 4 is 71.7 Å². The Hall–Kier alpha value is 2.37. The number of hydrogen-bond acceptors (Lipinski definition) is 3. The van der Waals surface area contributed by atoms with Crippen LogP contribution in [0.4, 0.5) is 9.93 Å². The van der Waals surface area contributed by atoms with E-state index in [1.54, 1.807) is 11.3 Å². The maximum atomic E-state index is 10.7. The van der Waals surface area contributed by atoms with Crippen LogP contribution in [-0.4, -0.2) is 61.5 Å². The van der Waals surface area contributed by atoms with Gasteiger partial charge in [-0.05, 0) is 0 Å². The topological polar surface area (TPSA) is 42.0 Å². The van der Waals surface area contributed by atoms with Crippen molar-refractivity contribution in [3.05, 3.63) is 4.88 Å². The van der Waals surface area contributed by atoms with E-state index in [1.807, 2.05) is 0 Å². The Kier molecular flexibility index (Phi) is 5.52. The van der Waals surface area contributed by atoms with Gasteiger partial charge in [0.2, 0.25) is 0 Å². The minimum atomic E-state index is -0.0760. The number of nitrogens with one attached hydrogen (secondary N) is 1. The zero-order valence-electron chi connectivity index (χ0n) is 6.76. The Morgan fingerprint density at radius 3 is 2.82 bits per heavy atom. The molecular formula is C5H5N2ORaRbS. The van der Waals surface area contributed by atoms with E-state index in [9.17, 15) is 4.79 Å². The number of thiazole rings is 1. The van der Waals surface area contributed by atoms with Crippen LogP contribution in [0, 0.1) is 49.7 Å². The van der Waals surface area contributed by atoms with Crippen LogP contribution >= 0.6 is 11.3 Å². The minimum absolute atomic E-state index is 0.0760. The Morgan fingerprint density at radius 1 is 1.82 bits per heavy atom. The predicted molar refractivity (Wildman–Crippen MR) is 42.7 cm³/mol. The molecule has 1 amide bonds. The molecule has 0 fully saturated rings. The van der Waals surface area contributed by atoms with Crippen LogP contribution in [0.15, 0.2) is 0 Å². The fourth-order valence-electron chi connectivity index (χ4n) is 0.677. The van der Waals surface area contributed by atoms with E-state index in [-0.39, 0.29) is 43.7 Å². The summed E-state index contributed by atoms with van der Waals surface area (Å²) in [4.78, 5) is 16.2. The molecule has 1 N–H and O–H groups in total. The Morgan fingerprint density at radius 2 is 2.45 bits per heavy atom. The van der Waals surface area contributed by atoms with Crippen LogP contribution in [0.5, 0.6) is 0 Å².